The molecule has 1 aliphatic heterocycles. The third-order valence-corrected chi connectivity index (χ3v) is 2.44. The lowest BCUT2D eigenvalue weighted by Gasteiger charge is -2.21. The summed E-state index contributed by atoms with van der Waals surface area (Å²) in [5, 5.41) is 0. The van der Waals surface area contributed by atoms with E-state index in [0.29, 0.717) is 5.92 Å². The van der Waals surface area contributed by atoms with Crippen LogP contribution in [0, 0.1) is 5.92 Å². The Morgan fingerprint density at radius 1 is 1.55 bits per heavy atom. The van der Waals surface area contributed by atoms with Gasteiger partial charge < -0.3 is 9.80 Å². The zero-order valence-corrected chi connectivity index (χ0v) is 7.80. The highest BCUT2D eigenvalue weighted by Gasteiger charge is 2.22. The van der Waals surface area contributed by atoms with E-state index in [-0.39, 0.29) is 0 Å². The molecule has 0 unspecified atom stereocenters. The van der Waals surface area contributed by atoms with Gasteiger partial charge in [0.15, 0.2) is 0 Å². The average molecular weight is 154 g/mol. The highest BCUT2D eigenvalue weighted by molar-refractivity contribution is 5.01. The molecule has 2 nitrogen and oxygen atoms in total. The summed E-state index contributed by atoms with van der Waals surface area (Å²) in [5.74, 6) is 0.690. The minimum Gasteiger partial charge on any atom is -0.381 e. The van der Waals surface area contributed by atoms with Gasteiger partial charge in [-0.1, -0.05) is 6.58 Å². The number of rotatable bonds is 2. The second kappa shape index (κ2) is 3.26. The second-order valence-corrected chi connectivity index (χ2v) is 3.63. The van der Waals surface area contributed by atoms with Crippen molar-refractivity contribution in [1.82, 2.24) is 9.80 Å². The van der Waals surface area contributed by atoms with Gasteiger partial charge in [-0.15, -0.1) is 0 Å². The molecule has 1 rings (SSSR count). The molecule has 0 amide bonds. The maximum absolute atomic E-state index is 4.07. The molecule has 0 aromatic rings. The Balaban J connectivity index is 2.43. The molecule has 11 heavy (non-hydrogen) atoms. The highest BCUT2D eigenvalue weighted by Crippen LogP contribution is 2.22. The summed E-state index contributed by atoms with van der Waals surface area (Å²) in [6.07, 6.45) is 1.27. The lowest BCUT2D eigenvalue weighted by atomic mass is 10.1. The summed E-state index contributed by atoms with van der Waals surface area (Å²) < 4.78 is 0. The fraction of sp³-hybridized carbons (Fsp3) is 0.778. The first-order chi connectivity index (χ1) is 5.11. The van der Waals surface area contributed by atoms with Crippen molar-refractivity contribution in [3.05, 3.63) is 12.3 Å². The lowest BCUT2D eigenvalue weighted by molar-refractivity contribution is 0.378. The first-order valence-corrected chi connectivity index (χ1v) is 4.16. The second-order valence-electron chi connectivity index (χ2n) is 3.63. The molecule has 1 saturated heterocycles. The first kappa shape index (κ1) is 8.60. The molecule has 0 radical (unpaired) electrons. The van der Waals surface area contributed by atoms with Gasteiger partial charge in [-0.25, -0.2) is 0 Å². The van der Waals surface area contributed by atoms with E-state index in [1.165, 1.54) is 25.2 Å². The molecule has 1 aliphatic rings. The van der Waals surface area contributed by atoms with Crippen molar-refractivity contribution < 1.29 is 0 Å². The van der Waals surface area contributed by atoms with E-state index in [1.54, 1.807) is 0 Å². The highest BCUT2D eigenvalue weighted by atomic mass is 15.1. The maximum Gasteiger partial charge on any atom is 0.0122 e. The molecule has 1 heterocycles. The van der Waals surface area contributed by atoms with E-state index in [4.69, 9.17) is 0 Å². The van der Waals surface area contributed by atoms with Gasteiger partial charge in [-0.3, -0.25) is 0 Å². The van der Waals surface area contributed by atoms with Crippen LogP contribution in [0.15, 0.2) is 12.3 Å². The largest absolute Gasteiger partial charge is 0.381 e. The van der Waals surface area contributed by atoms with Crippen LogP contribution in [0.1, 0.15) is 6.42 Å². The monoisotopic (exact) mass is 154 g/mol. The van der Waals surface area contributed by atoms with Crippen molar-refractivity contribution in [2.24, 2.45) is 5.92 Å². The summed E-state index contributed by atoms with van der Waals surface area (Å²) in [6.45, 7) is 6.47. The molecule has 0 bridgehead atoms. The average Bonchev–Trinajstić information content (AvgIpc) is 2.34. The maximum atomic E-state index is 4.07. The molecule has 0 N–H and O–H groups in total. The van der Waals surface area contributed by atoms with E-state index in [9.17, 15) is 0 Å². The van der Waals surface area contributed by atoms with E-state index < -0.39 is 0 Å². The van der Waals surface area contributed by atoms with Crippen molar-refractivity contribution in [1.29, 1.82) is 0 Å². The van der Waals surface area contributed by atoms with Crippen molar-refractivity contribution in [3.63, 3.8) is 0 Å². The van der Waals surface area contributed by atoms with Gasteiger partial charge in [0.05, 0.1) is 0 Å². The van der Waals surface area contributed by atoms with Crippen molar-refractivity contribution in [2.75, 3.05) is 34.2 Å². The van der Waals surface area contributed by atoms with Gasteiger partial charge >= 0.3 is 0 Å². The number of likely N-dealkylation sites (tertiary alicyclic amines) is 1. The Morgan fingerprint density at radius 3 is 2.55 bits per heavy atom. The molecule has 0 saturated carbocycles. The van der Waals surface area contributed by atoms with E-state index in [1.807, 2.05) is 0 Å². The summed E-state index contributed by atoms with van der Waals surface area (Å²) in [6, 6.07) is 0. The lowest BCUT2D eigenvalue weighted by Crippen LogP contribution is -2.21. The Bertz CT molecular complexity index is 152. The zero-order chi connectivity index (χ0) is 8.43. The molecule has 1 atom stereocenters. The van der Waals surface area contributed by atoms with Gasteiger partial charge in [0, 0.05) is 32.3 Å². The molecule has 2 heteroatoms. The van der Waals surface area contributed by atoms with Gasteiger partial charge in [-0.05, 0) is 20.0 Å². The predicted molar refractivity (Wildman–Crippen MR) is 48.4 cm³/mol. The quantitative estimate of drug-likeness (QED) is 0.586. The summed E-state index contributed by atoms with van der Waals surface area (Å²) in [5.41, 5.74) is 1.27. The molecule has 0 aliphatic carbocycles. The van der Waals surface area contributed by atoms with Gasteiger partial charge in [0.25, 0.3) is 0 Å². The third kappa shape index (κ3) is 1.96. The van der Waals surface area contributed by atoms with Crippen LogP contribution in [0.5, 0.6) is 0 Å². The van der Waals surface area contributed by atoms with Crippen LogP contribution in [-0.4, -0.2) is 44.0 Å². The number of nitrogens with zero attached hydrogens (tertiary/aromatic N) is 2. The van der Waals surface area contributed by atoms with Crippen LogP contribution < -0.4 is 0 Å². The Morgan fingerprint density at radius 2 is 2.18 bits per heavy atom. The van der Waals surface area contributed by atoms with Crippen molar-refractivity contribution in [2.45, 2.75) is 6.42 Å². The number of hydrogen-bond acceptors (Lipinski definition) is 2. The molecule has 64 valence electrons. The minimum atomic E-state index is 0.690. The topological polar surface area (TPSA) is 6.48 Å². The summed E-state index contributed by atoms with van der Waals surface area (Å²) >= 11 is 0. The van der Waals surface area contributed by atoms with E-state index >= 15 is 0 Å². The van der Waals surface area contributed by atoms with Crippen LogP contribution >= 0.6 is 0 Å². The Kier molecular flexibility index (Phi) is 2.55. The van der Waals surface area contributed by atoms with E-state index in [2.05, 4.69) is 37.5 Å². The van der Waals surface area contributed by atoms with Gasteiger partial charge in [0.1, 0.15) is 0 Å². The fourth-order valence-corrected chi connectivity index (χ4v) is 1.57. The molecule has 0 aromatic carbocycles. The van der Waals surface area contributed by atoms with Gasteiger partial charge in [-0.2, -0.15) is 0 Å². The standard InChI is InChI=1S/C9H18N2/c1-8(10(2)3)9-5-6-11(4)7-9/h9H,1,5-7H2,2-4H3/t9-/m1/s1. The molecule has 1 fully saturated rings. The van der Waals surface area contributed by atoms with Crippen LogP contribution in [0.25, 0.3) is 0 Å². The van der Waals surface area contributed by atoms with Crippen LogP contribution in [0.3, 0.4) is 0 Å². The minimum absolute atomic E-state index is 0.690. The Labute approximate surface area is 69.5 Å². The summed E-state index contributed by atoms with van der Waals surface area (Å²) in [7, 11) is 6.31. The van der Waals surface area contributed by atoms with Crippen molar-refractivity contribution >= 4 is 0 Å². The first-order valence-electron chi connectivity index (χ1n) is 4.16. The third-order valence-electron chi connectivity index (χ3n) is 2.44. The predicted octanol–water partition coefficient (Wildman–Crippen LogP) is 1.01. The van der Waals surface area contributed by atoms with Crippen molar-refractivity contribution in [3.8, 4) is 0 Å². The summed E-state index contributed by atoms with van der Waals surface area (Å²) in [4.78, 5) is 4.49. The Hall–Kier alpha value is -0.500. The molecule has 0 spiro atoms. The molecule has 0 aromatic heterocycles. The smallest absolute Gasteiger partial charge is 0.0122 e. The normalized spacial score (nSPS) is 25.5. The van der Waals surface area contributed by atoms with E-state index in [0.717, 1.165) is 0 Å². The van der Waals surface area contributed by atoms with Crippen LogP contribution in [0.4, 0.5) is 0 Å². The van der Waals surface area contributed by atoms with Crippen LogP contribution in [-0.2, 0) is 0 Å². The molecular formula is C9H18N2. The zero-order valence-electron chi connectivity index (χ0n) is 7.80. The fourth-order valence-electron chi connectivity index (χ4n) is 1.57. The van der Waals surface area contributed by atoms with Gasteiger partial charge in [0.2, 0.25) is 0 Å². The van der Waals surface area contributed by atoms with Crippen LogP contribution in [0.2, 0.25) is 0 Å². The number of hydrogen-bond donors (Lipinski definition) is 0. The SMILES string of the molecule is C=C([C@@H]1CCN(C)C1)N(C)C. The molecular weight excluding hydrogens is 136 g/mol.